The molecule has 8 nitrogen and oxygen atoms in total. The number of rotatable bonds is 5. The Hall–Kier alpha value is -2.43. The molecule has 0 atom stereocenters. The third-order valence-corrected chi connectivity index (χ3v) is 5.12. The average Bonchev–Trinajstić information content (AvgIpc) is 3.06. The molecule has 0 saturated heterocycles. The summed E-state index contributed by atoms with van der Waals surface area (Å²) in [6.45, 7) is 1.30. The summed E-state index contributed by atoms with van der Waals surface area (Å²) < 4.78 is 40.5. The van der Waals surface area contributed by atoms with Crippen LogP contribution in [0.25, 0.3) is 11.5 Å². The Labute approximate surface area is 147 Å². The fourth-order valence-electron chi connectivity index (χ4n) is 1.98. The molecule has 0 aliphatic heterocycles. The van der Waals surface area contributed by atoms with Gasteiger partial charge in [-0.25, -0.2) is 27.5 Å². The van der Waals surface area contributed by atoms with Crippen molar-refractivity contribution < 1.29 is 12.8 Å². The monoisotopic (exact) mass is 382 g/mol. The number of nitrogens with one attached hydrogen (secondary N) is 2. The first kappa shape index (κ1) is 17.4. The van der Waals surface area contributed by atoms with Gasteiger partial charge in [0.2, 0.25) is 15.8 Å². The molecule has 0 amide bonds. The molecule has 3 rings (SSSR count). The van der Waals surface area contributed by atoms with Crippen molar-refractivity contribution in [2.24, 2.45) is 0 Å². The van der Waals surface area contributed by atoms with Crippen LogP contribution in [0.4, 0.5) is 4.39 Å². The minimum Gasteiger partial charge on any atom is -0.262 e. The highest BCUT2D eigenvalue weighted by atomic mass is 35.5. The Balaban J connectivity index is 1.77. The summed E-state index contributed by atoms with van der Waals surface area (Å²) in [5.74, 6) is -0.00932. The van der Waals surface area contributed by atoms with E-state index in [0.29, 0.717) is 5.69 Å². The molecule has 0 radical (unpaired) electrons. The van der Waals surface area contributed by atoms with Crippen LogP contribution in [0.3, 0.4) is 0 Å². The van der Waals surface area contributed by atoms with E-state index in [9.17, 15) is 12.8 Å². The molecule has 1 aromatic carbocycles. The van der Waals surface area contributed by atoms with Crippen molar-refractivity contribution in [3.63, 3.8) is 0 Å². The second-order valence-corrected chi connectivity index (χ2v) is 7.20. The third-order valence-electron chi connectivity index (χ3n) is 3.26. The maximum Gasteiger partial charge on any atom is 0.242 e. The second-order valence-electron chi connectivity index (χ2n) is 5.05. The average molecular weight is 383 g/mol. The standard InChI is InChI=1S/C14H12ClFN6O2S/c1-8-4-12(9(15)5-10(8)16)25(23,24)19-7-13-20-14(22-21-13)11-6-17-2-3-18-11/h2-6,19H,7H2,1H3,(H,20,21,22). The largest absolute Gasteiger partial charge is 0.262 e. The van der Waals surface area contributed by atoms with Crippen molar-refractivity contribution in [1.82, 2.24) is 29.9 Å². The Morgan fingerprint density at radius 3 is 2.84 bits per heavy atom. The predicted octanol–water partition coefficient (Wildman–Crippen LogP) is 1.84. The van der Waals surface area contributed by atoms with Crippen LogP contribution in [0.15, 0.2) is 35.6 Å². The van der Waals surface area contributed by atoms with Gasteiger partial charge in [0, 0.05) is 12.4 Å². The number of aryl methyl sites for hydroxylation is 1. The number of sulfonamides is 1. The lowest BCUT2D eigenvalue weighted by atomic mass is 10.2. The van der Waals surface area contributed by atoms with Gasteiger partial charge in [-0.2, -0.15) is 5.10 Å². The lowest BCUT2D eigenvalue weighted by Gasteiger charge is -2.08. The molecule has 3 aromatic rings. The summed E-state index contributed by atoms with van der Waals surface area (Å²) >= 11 is 5.84. The van der Waals surface area contributed by atoms with Crippen LogP contribution in [0, 0.1) is 12.7 Å². The smallest absolute Gasteiger partial charge is 0.242 e. The topological polar surface area (TPSA) is 114 Å². The molecule has 2 heterocycles. The van der Waals surface area contributed by atoms with E-state index in [0.717, 1.165) is 6.07 Å². The van der Waals surface area contributed by atoms with Crippen molar-refractivity contribution >= 4 is 21.6 Å². The Morgan fingerprint density at radius 2 is 2.12 bits per heavy atom. The summed E-state index contributed by atoms with van der Waals surface area (Å²) in [6, 6.07) is 2.14. The number of hydrogen-bond acceptors (Lipinski definition) is 6. The normalized spacial score (nSPS) is 11.6. The molecular formula is C14H12ClFN6O2S. The quantitative estimate of drug-likeness (QED) is 0.696. The molecule has 11 heteroatoms. The highest BCUT2D eigenvalue weighted by molar-refractivity contribution is 7.89. The fourth-order valence-corrected chi connectivity index (χ4v) is 3.57. The minimum atomic E-state index is -3.95. The zero-order valence-electron chi connectivity index (χ0n) is 12.9. The van der Waals surface area contributed by atoms with Crippen LogP contribution in [0.2, 0.25) is 5.02 Å². The number of halogens is 2. The molecule has 0 aliphatic carbocycles. The Bertz CT molecular complexity index is 1010. The van der Waals surface area contributed by atoms with E-state index in [2.05, 4.69) is 29.9 Å². The SMILES string of the molecule is Cc1cc(S(=O)(=O)NCc2nc(-c3cnccn3)n[nH]2)c(Cl)cc1F. The van der Waals surface area contributed by atoms with Crippen molar-refractivity contribution in [2.45, 2.75) is 18.4 Å². The summed E-state index contributed by atoms with van der Waals surface area (Å²) in [5, 5.41) is 6.37. The van der Waals surface area contributed by atoms with E-state index in [-0.39, 0.29) is 33.7 Å². The van der Waals surface area contributed by atoms with Crippen LogP contribution < -0.4 is 4.72 Å². The van der Waals surface area contributed by atoms with Gasteiger partial charge in [-0.05, 0) is 24.6 Å². The minimum absolute atomic E-state index is 0.150. The van der Waals surface area contributed by atoms with Crippen molar-refractivity contribution in [2.75, 3.05) is 0 Å². The van der Waals surface area contributed by atoms with E-state index in [1.54, 1.807) is 0 Å². The number of aromatic nitrogens is 5. The van der Waals surface area contributed by atoms with Crippen molar-refractivity contribution in [3.8, 4) is 11.5 Å². The zero-order chi connectivity index (χ0) is 18.0. The van der Waals surface area contributed by atoms with Crippen LogP contribution in [-0.2, 0) is 16.6 Å². The molecule has 0 bridgehead atoms. The molecule has 2 N–H and O–H groups in total. The van der Waals surface area contributed by atoms with E-state index in [1.165, 1.54) is 31.6 Å². The highest BCUT2D eigenvalue weighted by Gasteiger charge is 2.20. The molecule has 0 unspecified atom stereocenters. The number of benzene rings is 1. The summed E-state index contributed by atoms with van der Waals surface area (Å²) in [5.41, 5.74) is 0.624. The number of hydrogen-bond donors (Lipinski definition) is 2. The fraction of sp³-hybridized carbons (Fsp3) is 0.143. The molecule has 2 aromatic heterocycles. The third kappa shape index (κ3) is 3.81. The number of H-pyrrole nitrogens is 1. The van der Waals surface area contributed by atoms with Crippen LogP contribution in [0.5, 0.6) is 0 Å². The number of nitrogens with zero attached hydrogens (tertiary/aromatic N) is 4. The predicted molar refractivity (Wildman–Crippen MR) is 87.6 cm³/mol. The van der Waals surface area contributed by atoms with E-state index < -0.39 is 15.8 Å². The van der Waals surface area contributed by atoms with E-state index in [4.69, 9.17) is 11.6 Å². The van der Waals surface area contributed by atoms with Crippen LogP contribution in [0.1, 0.15) is 11.4 Å². The molecule has 0 aliphatic rings. The van der Waals surface area contributed by atoms with Gasteiger partial charge in [0.1, 0.15) is 22.2 Å². The van der Waals surface area contributed by atoms with Gasteiger partial charge in [0.25, 0.3) is 0 Å². The van der Waals surface area contributed by atoms with Gasteiger partial charge in [0.05, 0.1) is 17.8 Å². The first-order chi connectivity index (χ1) is 11.9. The van der Waals surface area contributed by atoms with Crippen LogP contribution >= 0.6 is 11.6 Å². The van der Waals surface area contributed by atoms with E-state index in [1.807, 2.05) is 0 Å². The second kappa shape index (κ2) is 6.82. The maximum atomic E-state index is 13.4. The van der Waals surface area contributed by atoms with Gasteiger partial charge in [-0.1, -0.05) is 11.6 Å². The maximum absolute atomic E-state index is 13.4. The van der Waals surface area contributed by atoms with Gasteiger partial charge < -0.3 is 0 Å². The van der Waals surface area contributed by atoms with Crippen molar-refractivity contribution in [3.05, 3.63) is 53.0 Å². The molecule has 0 spiro atoms. The molecule has 130 valence electrons. The number of aromatic amines is 1. The Kier molecular flexibility index (Phi) is 4.75. The first-order valence-corrected chi connectivity index (χ1v) is 8.86. The Morgan fingerprint density at radius 1 is 1.32 bits per heavy atom. The zero-order valence-corrected chi connectivity index (χ0v) is 14.4. The molecule has 0 saturated carbocycles. The summed E-state index contributed by atoms with van der Waals surface area (Å²) in [4.78, 5) is 11.9. The van der Waals surface area contributed by atoms with Gasteiger partial charge in [-0.15, -0.1) is 0 Å². The van der Waals surface area contributed by atoms with Gasteiger partial charge in [0.15, 0.2) is 0 Å². The first-order valence-electron chi connectivity index (χ1n) is 7.00. The van der Waals surface area contributed by atoms with Crippen molar-refractivity contribution in [1.29, 1.82) is 0 Å². The molecule has 0 fully saturated rings. The lowest BCUT2D eigenvalue weighted by Crippen LogP contribution is -2.24. The summed E-state index contributed by atoms with van der Waals surface area (Å²) in [6.07, 6.45) is 4.49. The molecule has 25 heavy (non-hydrogen) atoms. The van der Waals surface area contributed by atoms with Gasteiger partial charge in [-0.3, -0.25) is 10.1 Å². The van der Waals surface area contributed by atoms with Crippen LogP contribution in [-0.4, -0.2) is 33.6 Å². The van der Waals surface area contributed by atoms with E-state index >= 15 is 0 Å². The highest BCUT2D eigenvalue weighted by Crippen LogP contribution is 2.24. The van der Waals surface area contributed by atoms with Gasteiger partial charge >= 0.3 is 0 Å². The summed E-state index contributed by atoms with van der Waals surface area (Å²) in [7, 11) is -3.95. The lowest BCUT2D eigenvalue weighted by molar-refractivity contribution is 0.578. The molecular weight excluding hydrogens is 371 g/mol.